The highest BCUT2D eigenvalue weighted by Crippen LogP contribution is 2.15. The summed E-state index contributed by atoms with van der Waals surface area (Å²) in [6, 6.07) is 9.30. The van der Waals surface area contributed by atoms with Crippen LogP contribution in [0.4, 0.5) is 10.2 Å². The van der Waals surface area contributed by atoms with Gasteiger partial charge in [0.05, 0.1) is 5.71 Å². The summed E-state index contributed by atoms with van der Waals surface area (Å²) in [6.45, 7) is 1.83. The van der Waals surface area contributed by atoms with E-state index in [9.17, 15) is 4.39 Å². The fraction of sp³-hybridized carbons (Fsp3) is 0.0769. The number of benzene rings is 1. The average Bonchev–Trinajstić information content (AvgIpc) is 2.29. The van der Waals surface area contributed by atoms with Crippen LogP contribution in [0.1, 0.15) is 16.8 Å². The summed E-state index contributed by atoms with van der Waals surface area (Å²) in [7, 11) is 0. The number of aryl methyl sites for hydroxylation is 1. The molecule has 1 aromatic heterocycles. The van der Waals surface area contributed by atoms with Crippen LogP contribution in [0.5, 0.6) is 0 Å². The van der Waals surface area contributed by atoms with Crippen molar-refractivity contribution in [2.45, 2.75) is 6.92 Å². The fourth-order valence-electron chi connectivity index (χ4n) is 1.56. The fourth-order valence-corrected chi connectivity index (χ4v) is 1.56. The number of halogens is 1. The Labute approximate surface area is 98.6 Å². The molecule has 0 amide bonds. The van der Waals surface area contributed by atoms with E-state index >= 15 is 0 Å². The normalized spacial score (nSPS) is 10.2. The first kappa shape index (κ1) is 11.3. The molecule has 1 aromatic carbocycles. The van der Waals surface area contributed by atoms with Gasteiger partial charge in [0.1, 0.15) is 11.6 Å². The Morgan fingerprint density at radius 1 is 1.18 bits per heavy atom. The van der Waals surface area contributed by atoms with E-state index < -0.39 is 0 Å². The van der Waals surface area contributed by atoms with E-state index in [4.69, 9.17) is 11.1 Å². The van der Waals surface area contributed by atoms with Gasteiger partial charge in [0, 0.05) is 16.8 Å². The van der Waals surface area contributed by atoms with Crippen LogP contribution in [0.15, 0.2) is 36.4 Å². The maximum Gasteiger partial charge on any atom is 0.133 e. The van der Waals surface area contributed by atoms with Gasteiger partial charge in [-0.1, -0.05) is 0 Å². The zero-order valence-electron chi connectivity index (χ0n) is 9.37. The molecule has 0 atom stereocenters. The summed E-state index contributed by atoms with van der Waals surface area (Å²) in [5.41, 5.74) is 7.98. The quantitative estimate of drug-likeness (QED) is 0.777. The molecule has 0 bridgehead atoms. The van der Waals surface area contributed by atoms with Crippen molar-refractivity contribution in [2.75, 3.05) is 5.73 Å². The van der Waals surface area contributed by atoms with Gasteiger partial charge in [0.25, 0.3) is 0 Å². The van der Waals surface area contributed by atoms with Gasteiger partial charge < -0.3 is 5.73 Å². The van der Waals surface area contributed by atoms with E-state index in [1.807, 2.05) is 6.92 Å². The summed E-state index contributed by atoms with van der Waals surface area (Å²) in [5, 5.41) is 8.01. The number of nitrogens with one attached hydrogen (secondary N) is 1. The molecule has 0 saturated carbocycles. The number of pyridine rings is 1. The molecule has 0 radical (unpaired) electrons. The molecule has 0 aliphatic rings. The highest BCUT2D eigenvalue weighted by Gasteiger charge is 2.09. The maximum absolute atomic E-state index is 12.8. The molecule has 17 heavy (non-hydrogen) atoms. The van der Waals surface area contributed by atoms with Crippen molar-refractivity contribution in [3.8, 4) is 0 Å². The third-order valence-corrected chi connectivity index (χ3v) is 2.47. The molecular weight excluding hydrogens is 217 g/mol. The number of nitrogen functional groups attached to an aromatic ring is 1. The molecule has 0 aliphatic carbocycles. The predicted molar refractivity (Wildman–Crippen MR) is 65.7 cm³/mol. The summed E-state index contributed by atoms with van der Waals surface area (Å²) >= 11 is 0. The van der Waals surface area contributed by atoms with Gasteiger partial charge in [-0.3, -0.25) is 5.41 Å². The number of hydrogen-bond donors (Lipinski definition) is 2. The molecule has 0 spiro atoms. The van der Waals surface area contributed by atoms with Crippen molar-refractivity contribution in [1.82, 2.24) is 4.98 Å². The first-order valence-corrected chi connectivity index (χ1v) is 5.16. The Morgan fingerprint density at radius 3 is 2.41 bits per heavy atom. The molecule has 0 fully saturated rings. The largest absolute Gasteiger partial charge is 0.383 e. The van der Waals surface area contributed by atoms with Crippen LogP contribution in [-0.4, -0.2) is 10.7 Å². The van der Waals surface area contributed by atoms with E-state index in [-0.39, 0.29) is 11.5 Å². The van der Waals surface area contributed by atoms with Crippen molar-refractivity contribution >= 4 is 11.5 Å². The van der Waals surface area contributed by atoms with Gasteiger partial charge in [-0.25, -0.2) is 9.37 Å². The summed E-state index contributed by atoms with van der Waals surface area (Å²) in [6.07, 6.45) is 0. The van der Waals surface area contributed by atoms with Crippen LogP contribution < -0.4 is 5.73 Å². The molecule has 2 aromatic rings. The minimum absolute atomic E-state index is 0.245. The molecule has 0 saturated heterocycles. The van der Waals surface area contributed by atoms with E-state index in [1.54, 1.807) is 24.3 Å². The molecule has 3 N–H and O–H groups in total. The Bertz CT molecular complexity index is 561. The smallest absolute Gasteiger partial charge is 0.133 e. The highest BCUT2D eigenvalue weighted by molar-refractivity contribution is 6.13. The molecule has 0 unspecified atom stereocenters. The van der Waals surface area contributed by atoms with Crippen molar-refractivity contribution in [3.05, 3.63) is 59.0 Å². The second kappa shape index (κ2) is 4.33. The first-order valence-electron chi connectivity index (χ1n) is 5.16. The van der Waals surface area contributed by atoms with Crippen LogP contribution in [0.2, 0.25) is 0 Å². The molecular formula is C13H12FN3. The minimum atomic E-state index is -0.323. The standard InChI is InChI=1S/C13H12FN3/c1-8-2-7-11(13(16)17-8)12(15)9-3-5-10(14)6-4-9/h2-7,15H,1H3,(H2,16,17). The SMILES string of the molecule is Cc1ccc(C(=N)c2ccc(F)cc2)c(N)n1. The molecule has 4 heteroatoms. The second-order valence-corrected chi connectivity index (χ2v) is 3.77. The van der Waals surface area contributed by atoms with Crippen LogP contribution in [0.3, 0.4) is 0 Å². The summed E-state index contributed by atoms with van der Waals surface area (Å²) in [4.78, 5) is 4.10. The van der Waals surface area contributed by atoms with Gasteiger partial charge >= 0.3 is 0 Å². The van der Waals surface area contributed by atoms with E-state index in [0.717, 1.165) is 5.69 Å². The molecule has 0 aliphatic heterocycles. The lowest BCUT2D eigenvalue weighted by Gasteiger charge is -2.07. The van der Waals surface area contributed by atoms with E-state index in [0.29, 0.717) is 16.9 Å². The number of rotatable bonds is 2. The molecule has 2 rings (SSSR count). The third-order valence-electron chi connectivity index (χ3n) is 2.47. The van der Waals surface area contributed by atoms with Crippen LogP contribution in [-0.2, 0) is 0 Å². The highest BCUT2D eigenvalue weighted by atomic mass is 19.1. The van der Waals surface area contributed by atoms with Crippen LogP contribution in [0, 0.1) is 18.2 Å². The average molecular weight is 229 g/mol. The number of nitrogens with zero attached hydrogens (tertiary/aromatic N) is 1. The predicted octanol–water partition coefficient (Wildman–Crippen LogP) is 2.53. The lowest BCUT2D eigenvalue weighted by atomic mass is 10.0. The van der Waals surface area contributed by atoms with Crippen LogP contribution >= 0.6 is 0 Å². The monoisotopic (exact) mass is 229 g/mol. The first-order chi connectivity index (χ1) is 8.08. The van der Waals surface area contributed by atoms with Crippen LogP contribution in [0.25, 0.3) is 0 Å². The number of hydrogen-bond acceptors (Lipinski definition) is 3. The zero-order chi connectivity index (χ0) is 12.4. The Hall–Kier alpha value is -2.23. The van der Waals surface area contributed by atoms with Crippen molar-refractivity contribution < 1.29 is 4.39 Å². The van der Waals surface area contributed by atoms with Gasteiger partial charge in [-0.2, -0.15) is 0 Å². The van der Waals surface area contributed by atoms with Gasteiger partial charge in [0.15, 0.2) is 0 Å². The van der Waals surface area contributed by atoms with Crippen molar-refractivity contribution in [1.29, 1.82) is 5.41 Å². The Balaban J connectivity index is 2.40. The van der Waals surface area contributed by atoms with Gasteiger partial charge in [-0.05, 0) is 43.3 Å². The second-order valence-electron chi connectivity index (χ2n) is 3.77. The maximum atomic E-state index is 12.8. The van der Waals surface area contributed by atoms with Crippen molar-refractivity contribution in [2.24, 2.45) is 0 Å². The molecule has 86 valence electrons. The zero-order valence-corrected chi connectivity index (χ0v) is 9.37. The molecule has 1 heterocycles. The van der Waals surface area contributed by atoms with E-state index in [2.05, 4.69) is 4.98 Å². The third kappa shape index (κ3) is 2.30. The Kier molecular flexibility index (Phi) is 2.87. The van der Waals surface area contributed by atoms with E-state index in [1.165, 1.54) is 12.1 Å². The lowest BCUT2D eigenvalue weighted by Crippen LogP contribution is -2.07. The van der Waals surface area contributed by atoms with Gasteiger partial charge in [0.2, 0.25) is 0 Å². The molecule has 3 nitrogen and oxygen atoms in total. The van der Waals surface area contributed by atoms with Crippen molar-refractivity contribution in [3.63, 3.8) is 0 Å². The number of nitrogens with two attached hydrogens (primary N) is 1. The topological polar surface area (TPSA) is 62.8 Å². The lowest BCUT2D eigenvalue weighted by molar-refractivity contribution is 0.628. The Morgan fingerprint density at radius 2 is 1.82 bits per heavy atom. The number of aromatic nitrogens is 1. The summed E-state index contributed by atoms with van der Waals surface area (Å²) < 4.78 is 12.8. The van der Waals surface area contributed by atoms with Gasteiger partial charge in [-0.15, -0.1) is 0 Å². The number of anilines is 1. The summed E-state index contributed by atoms with van der Waals surface area (Å²) in [5.74, 6) is -0.00382. The minimum Gasteiger partial charge on any atom is -0.383 e.